The molecule has 3 aromatic rings. The van der Waals surface area contributed by atoms with E-state index in [1.54, 1.807) is 5.38 Å². The van der Waals surface area contributed by atoms with Gasteiger partial charge in [-0.25, -0.2) is 4.98 Å². The van der Waals surface area contributed by atoms with Gasteiger partial charge >= 0.3 is 0 Å². The minimum atomic E-state index is -0.265. The summed E-state index contributed by atoms with van der Waals surface area (Å²) in [5, 5.41) is 5.47. The van der Waals surface area contributed by atoms with Crippen LogP contribution in [-0.2, 0) is 4.74 Å². The van der Waals surface area contributed by atoms with Crippen LogP contribution in [0.25, 0.3) is 10.6 Å². The highest BCUT2D eigenvalue weighted by atomic mass is 32.1. The zero-order valence-electron chi connectivity index (χ0n) is 17.5. The van der Waals surface area contributed by atoms with Gasteiger partial charge in [0.1, 0.15) is 28.8 Å². The first-order valence-electron chi connectivity index (χ1n) is 10.6. The van der Waals surface area contributed by atoms with E-state index in [-0.39, 0.29) is 12.0 Å². The standard InChI is InChI=1S/C24H26N2O4S/c1-2-28-18-12-10-17(11-13-18)24-26-21(16-31-24)23(27)25-20-8-3-4-9-22(20)30-15-19-7-5-6-14-29-19/h3-4,8-13,16,19H,2,5-7,14-15H2,1H3,(H,25,27). The molecule has 7 heteroatoms. The van der Waals surface area contributed by atoms with Gasteiger partial charge in [0.15, 0.2) is 0 Å². The normalized spacial score (nSPS) is 16.0. The van der Waals surface area contributed by atoms with Crippen molar-refractivity contribution in [3.63, 3.8) is 0 Å². The van der Waals surface area contributed by atoms with Gasteiger partial charge in [-0.15, -0.1) is 11.3 Å². The minimum Gasteiger partial charge on any atom is -0.494 e. The molecule has 1 amide bonds. The molecule has 162 valence electrons. The number of amides is 1. The Labute approximate surface area is 186 Å². The number of carbonyl (C=O) groups excluding carboxylic acids is 1. The summed E-state index contributed by atoms with van der Waals surface area (Å²) < 4.78 is 17.2. The number of rotatable bonds is 8. The quantitative estimate of drug-likeness (QED) is 0.509. The van der Waals surface area contributed by atoms with Gasteiger partial charge < -0.3 is 19.5 Å². The molecule has 1 fully saturated rings. The third kappa shape index (κ3) is 5.62. The Kier molecular flexibility index (Phi) is 7.17. The van der Waals surface area contributed by atoms with Crippen molar-refractivity contribution in [2.75, 3.05) is 25.1 Å². The smallest absolute Gasteiger partial charge is 0.275 e. The molecule has 4 rings (SSSR count). The SMILES string of the molecule is CCOc1ccc(-c2nc(C(=O)Nc3ccccc3OCC3CCCCO3)cs2)cc1. The van der Waals surface area contributed by atoms with Gasteiger partial charge in [-0.2, -0.15) is 0 Å². The van der Waals surface area contributed by atoms with Crippen molar-refractivity contribution in [3.05, 3.63) is 59.6 Å². The van der Waals surface area contributed by atoms with Crippen LogP contribution in [-0.4, -0.2) is 36.8 Å². The molecule has 1 N–H and O–H groups in total. The first-order chi connectivity index (χ1) is 15.2. The first kappa shape index (κ1) is 21.3. The summed E-state index contributed by atoms with van der Waals surface area (Å²) in [6, 6.07) is 15.1. The Bertz CT molecular complexity index is 997. The Hall–Kier alpha value is -2.90. The van der Waals surface area contributed by atoms with Crippen molar-refractivity contribution in [2.45, 2.75) is 32.3 Å². The number of para-hydroxylation sites is 2. The summed E-state index contributed by atoms with van der Waals surface area (Å²) in [6.07, 6.45) is 3.37. The molecular weight excluding hydrogens is 412 g/mol. The van der Waals surface area contributed by atoms with Crippen LogP contribution in [0.15, 0.2) is 53.9 Å². The number of nitrogens with one attached hydrogen (secondary N) is 1. The van der Waals surface area contributed by atoms with Gasteiger partial charge in [-0.3, -0.25) is 4.79 Å². The van der Waals surface area contributed by atoms with Crippen molar-refractivity contribution < 1.29 is 19.0 Å². The maximum absolute atomic E-state index is 12.8. The van der Waals surface area contributed by atoms with Crippen molar-refractivity contribution >= 4 is 22.9 Å². The van der Waals surface area contributed by atoms with Gasteiger partial charge in [0.25, 0.3) is 5.91 Å². The first-order valence-corrected chi connectivity index (χ1v) is 11.4. The van der Waals surface area contributed by atoms with Gasteiger partial charge in [0.2, 0.25) is 0 Å². The average Bonchev–Trinajstić information content (AvgIpc) is 3.30. The van der Waals surface area contributed by atoms with Crippen molar-refractivity contribution in [1.29, 1.82) is 0 Å². The number of thiazole rings is 1. The molecular formula is C24H26N2O4S. The molecule has 0 radical (unpaired) electrons. The number of hydrogen-bond donors (Lipinski definition) is 1. The zero-order chi connectivity index (χ0) is 21.5. The molecule has 1 atom stereocenters. The Morgan fingerprint density at radius 2 is 2.00 bits per heavy atom. The number of ether oxygens (including phenoxy) is 3. The van der Waals surface area contributed by atoms with Crippen LogP contribution >= 0.6 is 11.3 Å². The second kappa shape index (κ2) is 10.4. The summed E-state index contributed by atoms with van der Waals surface area (Å²) in [5.41, 5.74) is 1.95. The molecule has 1 saturated heterocycles. The number of aromatic nitrogens is 1. The van der Waals surface area contributed by atoms with E-state index in [1.165, 1.54) is 11.3 Å². The highest BCUT2D eigenvalue weighted by Gasteiger charge is 2.17. The van der Waals surface area contributed by atoms with Crippen molar-refractivity contribution in [2.24, 2.45) is 0 Å². The van der Waals surface area contributed by atoms with E-state index in [0.29, 0.717) is 30.3 Å². The second-order valence-corrected chi connectivity index (χ2v) is 8.10. The molecule has 1 aliphatic heterocycles. The lowest BCUT2D eigenvalue weighted by Crippen LogP contribution is -2.26. The van der Waals surface area contributed by atoms with Crippen LogP contribution in [0.1, 0.15) is 36.7 Å². The molecule has 2 heterocycles. The van der Waals surface area contributed by atoms with Crippen molar-refractivity contribution in [3.8, 4) is 22.1 Å². The number of carbonyl (C=O) groups is 1. The summed E-state index contributed by atoms with van der Waals surface area (Å²) in [6.45, 7) is 3.84. The van der Waals surface area contributed by atoms with E-state index in [9.17, 15) is 4.79 Å². The monoisotopic (exact) mass is 438 g/mol. The molecule has 0 spiro atoms. The predicted octanol–water partition coefficient (Wildman–Crippen LogP) is 5.41. The summed E-state index contributed by atoms with van der Waals surface area (Å²) in [5.74, 6) is 1.18. The molecule has 0 bridgehead atoms. The summed E-state index contributed by atoms with van der Waals surface area (Å²) in [4.78, 5) is 17.3. The second-order valence-electron chi connectivity index (χ2n) is 7.25. The van der Waals surface area contributed by atoms with Crippen LogP contribution in [0, 0.1) is 0 Å². The zero-order valence-corrected chi connectivity index (χ0v) is 18.3. The molecule has 1 aliphatic rings. The van der Waals surface area contributed by atoms with Crippen molar-refractivity contribution in [1.82, 2.24) is 4.98 Å². The number of nitrogens with zero attached hydrogens (tertiary/aromatic N) is 1. The van der Waals surface area contributed by atoms with E-state index >= 15 is 0 Å². The van der Waals surface area contributed by atoms with E-state index in [2.05, 4.69) is 10.3 Å². The van der Waals surface area contributed by atoms with Crippen LogP contribution in [0.5, 0.6) is 11.5 Å². The fourth-order valence-corrected chi connectivity index (χ4v) is 4.18. The molecule has 1 aromatic heterocycles. The lowest BCUT2D eigenvalue weighted by Gasteiger charge is -2.23. The average molecular weight is 439 g/mol. The van der Waals surface area contributed by atoms with Crippen LogP contribution in [0.4, 0.5) is 5.69 Å². The van der Waals surface area contributed by atoms with Gasteiger partial charge in [0, 0.05) is 17.6 Å². The molecule has 1 unspecified atom stereocenters. The fourth-order valence-electron chi connectivity index (χ4n) is 3.37. The minimum absolute atomic E-state index is 0.104. The maximum atomic E-state index is 12.8. The lowest BCUT2D eigenvalue weighted by atomic mass is 10.1. The molecule has 0 aliphatic carbocycles. The topological polar surface area (TPSA) is 69.7 Å². The highest BCUT2D eigenvalue weighted by molar-refractivity contribution is 7.13. The molecule has 6 nitrogen and oxygen atoms in total. The van der Waals surface area contributed by atoms with Gasteiger partial charge in [-0.05, 0) is 62.6 Å². The Morgan fingerprint density at radius 3 is 2.77 bits per heavy atom. The Balaban J connectivity index is 1.40. The third-order valence-corrected chi connectivity index (χ3v) is 5.87. The van der Waals surface area contributed by atoms with E-state index < -0.39 is 0 Å². The Morgan fingerprint density at radius 1 is 1.16 bits per heavy atom. The molecule has 0 saturated carbocycles. The highest BCUT2D eigenvalue weighted by Crippen LogP contribution is 2.28. The van der Waals surface area contributed by atoms with Crippen LogP contribution in [0.2, 0.25) is 0 Å². The lowest BCUT2D eigenvalue weighted by molar-refractivity contribution is -0.0109. The van der Waals surface area contributed by atoms with Gasteiger partial charge in [0.05, 0.1) is 18.4 Å². The van der Waals surface area contributed by atoms with E-state index in [0.717, 1.165) is 42.2 Å². The van der Waals surface area contributed by atoms with Crippen LogP contribution in [0.3, 0.4) is 0 Å². The number of hydrogen-bond acceptors (Lipinski definition) is 6. The third-order valence-electron chi connectivity index (χ3n) is 4.98. The largest absolute Gasteiger partial charge is 0.494 e. The fraction of sp³-hybridized carbons (Fsp3) is 0.333. The predicted molar refractivity (Wildman–Crippen MR) is 122 cm³/mol. The molecule has 2 aromatic carbocycles. The number of anilines is 1. The van der Waals surface area contributed by atoms with E-state index in [4.69, 9.17) is 14.2 Å². The summed E-state index contributed by atoms with van der Waals surface area (Å²) in [7, 11) is 0. The molecule has 31 heavy (non-hydrogen) atoms. The maximum Gasteiger partial charge on any atom is 0.275 e. The number of benzene rings is 2. The van der Waals surface area contributed by atoms with Gasteiger partial charge in [-0.1, -0.05) is 12.1 Å². The van der Waals surface area contributed by atoms with Crippen LogP contribution < -0.4 is 14.8 Å². The summed E-state index contributed by atoms with van der Waals surface area (Å²) >= 11 is 1.43. The van der Waals surface area contributed by atoms with E-state index in [1.807, 2.05) is 55.5 Å².